The van der Waals surface area contributed by atoms with Gasteiger partial charge in [0, 0.05) is 30.7 Å². The zero-order valence-corrected chi connectivity index (χ0v) is 13.1. The standard InChI is InChI=1S/C17H26N4/c1-12-6-5-8-15(17(18)19)16(12)21-11-14-7-3-4-9-20(14)10-13(21)2/h5-6,8,13-14H,3-4,7,9-11H2,1-2H3,(H3,18,19). The molecule has 2 atom stereocenters. The lowest BCUT2D eigenvalue weighted by Gasteiger charge is -2.49. The summed E-state index contributed by atoms with van der Waals surface area (Å²) in [6.45, 7) is 7.85. The molecule has 0 radical (unpaired) electrons. The number of rotatable bonds is 2. The molecule has 2 aliphatic rings. The molecule has 0 amide bonds. The van der Waals surface area contributed by atoms with Crippen molar-refractivity contribution < 1.29 is 0 Å². The molecule has 4 heteroatoms. The summed E-state index contributed by atoms with van der Waals surface area (Å²) in [5.41, 5.74) is 9.08. The molecule has 0 aliphatic carbocycles. The second-order valence-corrected chi connectivity index (χ2v) is 6.53. The zero-order valence-electron chi connectivity index (χ0n) is 13.1. The van der Waals surface area contributed by atoms with E-state index in [9.17, 15) is 0 Å². The van der Waals surface area contributed by atoms with Crippen molar-refractivity contribution in [3.63, 3.8) is 0 Å². The molecule has 21 heavy (non-hydrogen) atoms. The lowest BCUT2D eigenvalue weighted by Crippen LogP contribution is -2.59. The molecule has 2 saturated heterocycles. The van der Waals surface area contributed by atoms with Crippen molar-refractivity contribution in [3.05, 3.63) is 29.3 Å². The fourth-order valence-electron chi connectivity index (χ4n) is 3.92. The number of nitrogen functional groups attached to an aromatic ring is 1. The molecule has 2 fully saturated rings. The Hall–Kier alpha value is -1.55. The Labute approximate surface area is 127 Å². The van der Waals surface area contributed by atoms with Crippen LogP contribution >= 0.6 is 0 Å². The average Bonchev–Trinajstić information content (AvgIpc) is 2.46. The van der Waals surface area contributed by atoms with E-state index < -0.39 is 0 Å². The van der Waals surface area contributed by atoms with E-state index >= 15 is 0 Å². The number of para-hydroxylation sites is 1. The Morgan fingerprint density at radius 3 is 2.86 bits per heavy atom. The third-order valence-corrected chi connectivity index (χ3v) is 5.00. The van der Waals surface area contributed by atoms with E-state index in [-0.39, 0.29) is 5.84 Å². The second kappa shape index (κ2) is 5.68. The van der Waals surface area contributed by atoms with Crippen molar-refractivity contribution in [1.29, 1.82) is 5.41 Å². The van der Waals surface area contributed by atoms with Crippen molar-refractivity contribution >= 4 is 11.5 Å². The summed E-state index contributed by atoms with van der Waals surface area (Å²) in [4.78, 5) is 5.13. The first-order valence-corrected chi connectivity index (χ1v) is 8.02. The van der Waals surface area contributed by atoms with E-state index in [4.69, 9.17) is 11.1 Å². The van der Waals surface area contributed by atoms with Crippen LogP contribution in [0.4, 0.5) is 5.69 Å². The fourth-order valence-corrected chi connectivity index (χ4v) is 3.92. The Bertz CT molecular complexity index is 540. The van der Waals surface area contributed by atoms with Crippen LogP contribution in [0.5, 0.6) is 0 Å². The summed E-state index contributed by atoms with van der Waals surface area (Å²) < 4.78 is 0. The van der Waals surface area contributed by atoms with Gasteiger partial charge in [0.1, 0.15) is 5.84 Å². The third-order valence-electron chi connectivity index (χ3n) is 5.00. The number of aryl methyl sites for hydroxylation is 1. The number of fused-ring (bicyclic) bond motifs is 1. The molecular formula is C17H26N4. The first-order valence-electron chi connectivity index (χ1n) is 8.02. The Balaban J connectivity index is 1.94. The van der Waals surface area contributed by atoms with Gasteiger partial charge in [0.15, 0.2) is 0 Å². The van der Waals surface area contributed by atoms with Crippen LogP contribution in [-0.4, -0.2) is 42.5 Å². The molecule has 1 aromatic carbocycles. The summed E-state index contributed by atoms with van der Waals surface area (Å²) >= 11 is 0. The molecule has 0 saturated carbocycles. The first kappa shape index (κ1) is 14.4. The van der Waals surface area contributed by atoms with Crippen molar-refractivity contribution in [3.8, 4) is 0 Å². The molecule has 2 aliphatic heterocycles. The van der Waals surface area contributed by atoms with Crippen LogP contribution in [0, 0.1) is 12.3 Å². The van der Waals surface area contributed by atoms with E-state index in [0.717, 1.165) is 18.7 Å². The largest absolute Gasteiger partial charge is 0.384 e. The minimum absolute atomic E-state index is 0.173. The minimum atomic E-state index is 0.173. The van der Waals surface area contributed by atoms with Gasteiger partial charge in [-0.25, -0.2) is 0 Å². The topological polar surface area (TPSA) is 56.4 Å². The Morgan fingerprint density at radius 2 is 2.10 bits per heavy atom. The van der Waals surface area contributed by atoms with Gasteiger partial charge in [-0.2, -0.15) is 0 Å². The lowest BCUT2D eigenvalue weighted by molar-refractivity contribution is 0.115. The molecule has 3 rings (SSSR count). The summed E-state index contributed by atoms with van der Waals surface area (Å²) in [5.74, 6) is 0.173. The number of hydrogen-bond acceptors (Lipinski definition) is 3. The number of nitrogens with zero attached hydrogens (tertiary/aromatic N) is 2. The van der Waals surface area contributed by atoms with E-state index in [2.05, 4.69) is 29.7 Å². The van der Waals surface area contributed by atoms with Crippen molar-refractivity contribution in [1.82, 2.24) is 4.90 Å². The summed E-state index contributed by atoms with van der Waals surface area (Å²) in [6.07, 6.45) is 3.98. The maximum atomic E-state index is 7.88. The van der Waals surface area contributed by atoms with Crippen LogP contribution in [0.2, 0.25) is 0 Å². The average molecular weight is 286 g/mol. The highest BCUT2D eigenvalue weighted by Gasteiger charge is 2.34. The molecule has 114 valence electrons. The van der Waals surface area contributed by atoms with Crippen LogP contribution in [-0.2, 0) is 0 Å². The fraction of sp³-hybridized carbons (Fsp3) is 0.588. The number of anilines is 1. The number of amidine groups is 1. The highest BCUT2D eigenvalue weighted by molar-refractivity contribution is 6.01. The van der Waals surface area contributed by atoms with Crippen LogP contribution in [0.1, 0.15) is 37.3 Å². The lowest BCUT2D eigenvalue weighted by atomic mass is 9.95. The summed E-state index contributed by atoms with van der Waals surface area (Å²) in [6, 6.07) is 7.23. The van der Waals surface area contributed by atoms with Gasteiger partial charge in [0.05, 0.1) is 5.69 Å². The van der Waals surface area contributed by atoms with Gasteiger partial charge in [-0.15, -0.1) is 0 Å². The highest BCUT2D eigenvalue weighted by atomic mass is 15.3. The van der Waals surface area contributed by atoms with Gasteiger partial charge >= 0.3 is 0 Å². The van der Waals surface area contributed by atoms with E-state index in [1.165, 1.54) is 37.1 Å². The number of piperazine rings is 1. The number of hydrogen-bond donors (Lipinski definition) is 2. The predicted molar refractivity (Wildman–Crippen MR) is 88.2 cm³/mol. The molecule has 1 aromatic rings. The third kappa shape index (κ3) is 2.64. The van der Waals surface area contributed by atoms with Crippen molar-refractivity contribution in [2.24, 2.45) is 5.73 Å². The smallest absolute Gasteiger partial charge is 0.124 e. The van der Waals surface area contributed by atoms with Crippen molar-refractivity contribution in [2.45, 2.75) is 45.2 Å². The maximum Gasteiger partial charge on any atom is 0.124 e. The monoisotopic (exact) mass is 286 g/mol. The van der Waals surface area contributed by atoms with Gasteiger partial charge in [0.2, 0.25) is 0 Å². The van der Waals surface area contributed by atoms with Crippen LogP contribution in [0.15, 0.2) is 18.2 Å². The number of benzene rings is 1. The normalized spacial score (nSPS) is 26.5. The molecule has 4 nitrogen and oxygen atoms in total. The Morgan fingerprint density at radius 1 is 1.29 bits per heavy atom. The van der Waals surface area contributed by atoms with Crippen LogP contribution in [0.25, 0.3) is 0 Å². The molecule has 0 aromatic heterocycles. The number of nitrogens with one attached hydrogen (secondary N) is 1. The predicted octanol–water partition coefficient (Wildman–Crippen LogP) is 2.34. The van der Waals surface area contributed by atoms with Gasteiger partial charge < -0.3 is 10.6 Å². The Kier molecular flexibility index (Phi) is 3.89. The summed E-state index contributed by atoms with van der Waals surface area (Å²) in [5, 5.41) is 7.88. The quantitative estimate of drug-likeness (QED) is 0.648. The van der Waals surface area contributed by atoms with Gasteiger partial charge in [-0.3, -0.25) is 10.3 Å². The molecule has 0 spiro atoms. The van der Waals surface area contributed by atoms with Crippen LogP contribution in [0.3, 0.4) is 0 Å². The van der Waals surface area contributed by atoms with Gasteiger partial charge in [-0.1, -0.05) is 18.6 Å². The second-order valence-electron chi connectivity index (χ2n) is 6.53. The van der Waals surface area contributed by atoms with Gasteiger partial charge in [0.25, 0.3) is 0 Å². The molecule has 2 unspecified atom stereocenters. The minimum Gasteiger partial charge on any atom is -0.384 e. The number of nitrogens with two attached hydrogens (primary N) is 1. The van der Waals surface area contributed by atoms with Gasteiger partial charge in [-0.05, 0) is 44.9 Å². The molecule has 0 bridgehead atoms. The van der Waals surface area contributed by atoms with E-state index in [1.807, 2.05) is 12.1 Å². The molecular weight excluding hydrogens is 260 g/mol. The zero-order chi connectivity index (χ0) is 15.0. The highest BCUT2D eigenvalue weighted by Crippen LogP contribution is 2.32. The maximum absolute atomic E-state index is 7.88. The molecule has 3 N–H and O–H groups in total. The SMILES string of the molecule is Cc1cccc(C(=N)N)c1N1CC2CCCCN2CC1C. The van der Waals surface area contributed by atoms with E-state index in [1.54, 1.807) is 0 Å². The van der Waals surface area contributed by atoms with E-state index in [0.29, 0.717) is 12.1 Å². The number of piperidine rings is 1. The van der Waals surface area contributed by atoms with Crippen LogP contribution < -0.4 is 10.6 Å². The summed E-state index contributed by atoms with van der Waals surface area (Å²) in [7, 11) is 0. The molecule has 2 heterocycles. The van der Waals surface area contributed by atoms with Crippen molar-refractivity contribution in [2.75, 3.05) is 24.5 Å². The first-order chi connectivity index (χ1) is 10.1.